The molecule has 1 N–H and O–H groups in total. The second kappa shape index (κ2) is 5.21. The van der Waals surface area contributed by atoms with E-state index in [2.05, 4.69) is 0 Å². The molecule has 0 saturated carbocycles. The SMILES string of the molecule is O=C1CC(c2ccc(Cl)c(Cl)c2)c2ccccc2C1O. The standard InChI is InChI=1S/C16H12Cl2O2/c17-13-6-5-9(7-14(13)18)12-8-15(19)16(20)11-4-2-1-3-10(11)12/h1-7,12,16,20H,8H2. The molecule has 2 nitrogen and oxygen atoms in total. The van der Waals surface area contributed by atoms with Crippen LogP contribution in [0.3, 0.4) is 0 Å². The molecule has 2 unspecified atom stereocenters. The Morgan fingerprint density at radius 3 is 2.40 bits per heavy atom. The number of rotatable bonds is 1. The van der Waals surface area contributed by atoms with Crippen molar-refractivity contribution in [2.75, 3.05) is 0 Å². The van der Waals surface area contributed by atoms with E-state index in [0.717, 1.165) is 11.1 Å². The number of fused-ring (bicyclic) bond motifs is 1. The molecular formula is C16H12Cl2O2. The maximum atomic E-state index is 12.0. The molecule has 20 heavy (non-hydrogen) atoms. The highest BCUT2D eigenvalue weighted by molar-refractivity contribution is 6.42. The molecule has 3 rings (SSSR count). The van der Waals surface area contributed by atoms with Gasteiger partial charge < -0.3 is 5.11 Å². The van der Waals surface area contributed by atoms with Crippen molar-refractivity contribution in [1.82, 2.24) is 0 Å². The van der Waals surface area contributed by atoms with E-state index in [1.165, 1.54) is 0 Å². The number of halogens is 2. The lowest BCUT2D eigenvalue weighted by Gasteiger charge is -2.28. The minimum absolute atomic E-state index is 0.0862. The van der Waals surface area contributed by atoms with Crippen LogP contribution in [0.4, 0.5) is 0 Å². The summed E-state index contributed by atoms with van der Waals surface area (Å²) in [5.74, 6) is -0.253. The molecule has 0 heterocycles. The maximum absolute atomic E-state index is 12.0. The second-order valence-electron chi connectivity index (χ2n) is 4.93. The molecule has 0 fully saturated rings. The zero-order valence-electron chi connectivity index (χ0n) is 10.5. The third kappa shape index (κ3) is 2.24. The number of carbonyl (C=O) groups is 1. The van der Waals surface area contributed by atoms with E-state index in [9.17, 15) is 9.90 Å². The van der Waals surface area contributed by atoms with Crippen molar-refractivity contribution in [3.8, 4) is 0 Å². The van der Waals surface area contributed by atoms with Gasteiger partial charge in [0.2, 0.25) is 0 Å². The molecule has 102 valence electrons. The summed E-state index contributed by atoms with van der Waals surface area (Å²) in [6, 6.07) is 12.9. The number of carbonyl (C=O) groups excluding carboxylic acids is 1. The van der Waals surface area contributed by atoms with Crippen molar-refractivity contribution in [3.05, 3.63) is 69.2 Å². The normalized spacial score (nSPS) is 21.6. The summed E-state index contributed by atoms with van der Waals surface area (Å²) in [4.78, 5) is 12.0. The van der Waals surface area contributed by atoms with Crippen molar-refractivity contribution in [2.24, 2.45) is 0 Å². The van der Waals surface area contributed by atoms with Gasteiger partial charge in [0.25, 0.3) is 0 Å². The van der Waals surface area contributed by atoms with Crippen LogP contribution < -0.4 is 0 Å². The van der Waals surface area contributed by atoms with E-state index in [1.807, 2.05) is 24.3 Å². The van der Waals surface area contributed by atoms with Crippen LogP contribution in [0.15, 0.2) is 42.5 Å². The van der Waals surface area contributed by atoms with Crippen LogP contribution in [0, 0.1) is 0 Å². The van der Waals surface area contributed by atoms with E-state index in [1.54, 1.807) is 18.2 Å². The van der Waals surface area contributed by atoms with Gasteiger partial charge in [-0.1, -0.05) is 53.5 Å². The van der Waals surface area contributed by atoms with Gasteiger partial charge in [0, 0.05) is 12.3 Å². The lowest BCUT2D eigenvalue weighted by atomic mass is 9.77. The van der Waals surface area contributed by atoms with Crippen molar-refractivity contribution >= 4 is 29.0 Å². The van der Waals surface area contributed by atoms with Gasteiger partial charge in [-0.2, -0.15) is 0 Å². The minimum Gasteiger partial charge on any atom is -0.381 e. The van der Waals surface area contributed by atoms with Crippen molar-refractivity contribution in [3.63, 3.8) is 0 Å². The first-order valence-electron chi connectivity index (χ1n) is 6.32. The first-order valence-corrected chi connectivity index (χ1v) is 7.08. The first kappa shape index (κ1) is 13.6. The summed E-state index contributed by atoms with van der Waals surface area (Å²) >= 11 is 12.0. The van der Waals surface area contributed by atoms with E-state index in [-0.39, 0.29) is 18.1 Å². The summed E-state index contributed by atoms with van der Waals surface area (Å²) in [5.41, 5.74) is 2.59. The molecule has 0 aromatic heterocycles. The van der Waals surface area contributed by atoms with E-state index in [0.29, 0.717) is 15.6 Å². The zero-order valence-corrected chi connectivity index (χ0v) is 12.0. The number of benzene rings is 2. The van der Waals surface area contributed by atoms with Crippen LogP contribution in [0.5, 0.6) is 0 Å². The highest BCUT2D eigenvalue weighted by Gasteiger charge is 2.32. The zero-order chi connectivity index (χ0) is 14.3. The van der Waals surface area contributed by atoms with Gasteiger partial charge in [0.1, 0.15) is 6.10 Å². The quantitative estimate of drug-likeness (QED) is 0.860. The van der Waals surface area contributed by atoms with Gasteiger partial charge in [0.15, 0.2) is 5.78 Å². The van der Waals surface area contributed by atoms with Crippen LogP contribution >= 0.6 is 23.2 Å². The predicted octanol–water partition coefficient (Wildman–Crippen LogP) is 4.13. The highest BCUT2D eigenvalue weighted by Crippen LogP contribution is 2.40. The van der Waals surface area contributed by atoms with Gasteiger partial charge >= 0.3 is 0 Å². The monoisotopic (exact) mass is 306 g/mol. The number of aliphatic hydroxyl groups is 1. The topological polar surface area (TPSA) is 37.3 Å². The summed E-state index contributed by atoms with van der Waals surface area (Å²) in [5, 5.41) is 11.0. The Kier molecular flexibility index (Phi) is 3.55. The minimum atomic E-state index is -1.02. The Morgan fingerprint density at radius 1 is 1.00 bits per heavy atom. The third-order valence-corrected chi connectivity index (χ3v) is 4.46. The van der Waals surface area contributed by atoms with Crippen molar-refractivity contribution < 1.29 is 9.90 Å². The smallest absolute Gasteiger partial charge is 0.166 e. The van der Waals surface area contributed by atoms with Gasteiger partial charge in [-0.05, 0) is 28.8 Å². The first-order chi connectivity index (χ1) is 9.58. The van der Waals surface area contributed by atoms with Crippen molar-refractivity contribution in [2.45, 2.75) is 18.4 Å². The largest absolute Gasteiger partial charge is 0.381 e. The van der Waals surface area contributed by atoms with Crippen LogP contribution in [0.2, 0.25) is 10.0 Å². The fraction of sp³-hybridized carbons (Fsp3) is 0.188. The Balaban J connectivity index is 2.12. The third-order valence-electron chi connectivity index (χ3n) is 3.72. The van der Waals surface area contributed by atoms with Crippen LogP contribution in [-0.4, -0.2) is 10.9 Å². The molecule has 0 aliphatic heterocycles. The average molecular weight is 307 g/mol. The lowest BCUT2D eigenvalue weighted by molar-refractivity contribution is -0.128. The van der Waals surface area contributed by atoms with Crippen LogP contribution in [-0.2, 0) is 4.79 Å². The Bertz CT molecular complexity index is 682. The molecule has 0 spiro atoms. The summed E-state index contributed by atoms with van der Waals surface area (Å²) in [6.45, 7) is 0. The molecule has 2 aromatic rings. The number of ketones is 1. The van der Waals surface area contributed by atoms with Crippen molar-refractivity contribution in [1.29, 1.82) is 0 Å². The van der Waals surface area contributed by atoms with Gasteiger partial charge in [-0.25, -0.2) is 0 Å². The molecule has 0 radical (unpaired) electrons. The Hall–Kier alpha value is -1.35. The summed E-state index contributed by atoms with van der Waals surface area (Å²) in [6.07, 6.45) is -0.749. The molecule has 1 aliphatic carbocycles. The number of hydrogen-bond acceptors (Lipinski definition) is 2. The molecule has 2 aromatic carbocycles. The Morgan fingerprint density at radius 2 is 1.70 bits per heavy atom. The van der Waals surface area contributed by atoms with Crippen LogP contribution in [0.1, 0.15) is 35.1 Å². The second-order valence-corrected chi connectivity index (χ2v) is 5.74. The van der Waals surface area contributed by atoms with Gasteiger partial charge in [-0.3, -0.25) is 4.79 Å². The van der Waals surface area contributed by atoms with Gasteiger partial charge in [-0.15, -0.1) is 0 Å². The molecule has 2 atom stereocenters. The fourth-order valence-electron chi connectivity index (χ4n) is 2.70. The number of hydrogen-bond donors (Lipinski definition) is 1. The molecule has 4 heteroatoms. The van der Waals surface area contributed by atoms with E-state index in [4.69, 9.17) is 23.2 Å². The van der Waals surface area contributed by atoms with E-state index < -0.39 is 6.10 Å². The summed E-state index contributed by atoms with van der Waals surface area (Å²) < 4.78 is 0. The molecule has 0 saturated heterocycles. The number of aliphatic hydroxyl groups excluding tert-OH is 1. The van der Waals surface area contributed by atoms with E-state index >= 15 is 0 Å². The summed E-state index contributed by atoms with van der Waals surface area (Å²) in [7, 11) is 0. The van der Waals surface area contributed by atoms with Gasteiger partial charge in [0.05, 0.1) is 10.0 Å². The molecule has 1 aliphatic rings. The number of Topliss-reactive ketones (excluding diaryl/α,β-unsaturated/α-hetero) is 1. The average Bonchev–Trinajstić information content (AvgIpc) is 2.46. The maximum Gasteiger partial charge on any atom is 0.166 e. The predicted molar refractivity (Wildman–Crippen MR) is 79.3 cm³/mol. The fourth-order valence-corrected chi connectivity index (χ4v) is 3.01. The van der Waals surface area contributed by atoms with Crippen LogP contribution in [0.25, 0.3) is 0 Å². The molecular weight excluding hydrogens is 295 g/mol. The highest BCUT2D eigenvalue weighted by atomic mass is 35.5. The molecule has 0 bridgehead atoms. The Labute approximate surface area is 127 Å². The lowest BCUT2D eigenvalue weighted by Crippen LogP contribution is -2.24. The molecule has 0 amide bonds.